The third-order valence-corrected chi connectivity index (χ3v) is 4.24. The van der Waals surface area contributed by atoms with E-state index in [9.17, 15) is 4.79 Å². The largest absolute Gasteiger partial charge is 0.351 e. The Morgan fingerprint density at radius 2 is 2.00 bits per heavy atom. The van der Waals surface area contributed by atoms with E-state index in [-0.39, 0.29) is 11.4 Å². The minimum Gasteiger partial charge on any atom is -0.351 e. The highest BCUT2D eigenvalue weighted by Crippen LogP contribution is 2.75. The van der Waals surface area contributed by atoms with E-state index in [1.165, 1.54) is 32.1 Å². The molecule has 2 nitrogen and oxygen atoms in total. The topological polar surface area (TPSA) is 29.1 Å². The van der Waals surface area contributed by atoms with Crippen LogP contribution < -0.4 is 5.32 Å². The Balaban J connectivity index is 1.57. The maximum Gasteiger partial charge on any atom is 0.220 e. The second kappa shape index (κ2) is 2.10. The maximum absolute atomic E-state index is 11.2. The molecular weight excluding hydrogens is 162 g/mol. The summed E-state index contributed by atoms with van der Waals surface area (Å²) in [7, 11) is 0. The average molecular weight is 179 g/mol. The van der Waals surface area contributed by atoms with E-state index in [4.69, 9.17) is 0 Å². The molecule has 0 aliphatic heterocycles. The normalized spacial score (nSPS) is 46.2. The first kappa shape index (κ1) is 7.84. The number of hydrogen-bond acceptors (Lipinski definition) is 1. The average Bonchev–Trinajstić information content (AvgIpc) is 2.75. The summed E-state index contributed by atoms with van der Waals surface area (Å²) >= 11 is 0. The molecule has 72 valence electrons. The third kappa shape index (κ3) is 0.918. The smallest absolute Gasteiger partial charge is 0.220 e. The van der Waals surface area contributed by atoms with Gasteiger partial charge >= 0.3 is 0 Å². The molecule has 2 heteroatoms. The van der Waals surface area contributed by atoms with Crippen molar-refractivity contribution in [2.45, 2.75) is 51.0 Å². The molecule has 0 atom stereocenters. The molecule has 13 heavy (non-hydrogen) atoms. The lowest BCUT2D eigenvalue weighted by atomic mass is 9.37. The van der Waals surface area contributed by atoms with Crippen molar-refractivity contribution in [2.75, 3.05) is 0 Å². The standard InChI is InChI=1S/C11H17NO/c1-2-9(13)12-11-5-10(6-11,7-11)8-3-4-8/h8H,2-7H2,1H3,(H,12,13). The van der Waals surface area contributed by atoms with E-state index < -0.39 is 0 Å². The minimum atomic E-state index is 0.240. The summed E-state index contributed by atoms with van der Waals surface area (Å²) in [6.07, 6.45) is 7.41. The van der Waals surface area contributed by atoms with Crippen LogP contribution >= 0.6 is 0 Å². The Morgan fingerprint density at radius 1 is 1.38 bits per heavy atom. The number of hydrogen-bond donors (Lipinski definition) is 1. The number of rotatable bonds is 3. The highest BCUT2D eigenvalue weighted by molar-refractivity contribution is 5.77. The Hall–Kier alpha value is -0.530. The molecule has 4 aliphatic carbocycles. The van der Waals surface area contributed by atoms with Gasteiger partial charge in [-0.05, 0) is 43.4 Å². The fourth-order valence-electron chi connectivity index (χ4n) is 3.51. The summed E-state index contributed by atoms with van der Waals surface area (Å²) in [6, 6.07) is 0. The van der Waals surface area contributed by atoms with E-state index in [0.717, 1.165) is 5.92 Å². The predicted molar refractivity (Wildman–Crippen MR) is 50.2 cm³/mol. The summed E-state index contributed by atoms with van der Waals surface area (Å²) < 4.78 is 0. The van der Waals surface area contributed by atoms with Gasteiger partial charge in [-0.3, -0.25) is 4.79 Å². The molecule has 0 aromatic carbocycles. The van der Waals surface area contributed by atoms with Crippen molar-refractivity contribution >= 4 is 5.91 Å². The molecule has 4 aliphatic rings. The molecule has 1 N–H and O–H groups in total. The Kier molecular flexibility index (Phi) is 1.27. The molecule has 4 fully saturated rings. The zero-order valence-electron chi connectivity index (χ0n) is 8.23. The summed E-state index contributed by atoms with van der Waals surface area (Å²) in [4.78, 5) is 11.2. The van der Waals surface area contributed by atoms with Gasteiger partial charge in [0.25, 0.3) is 0 Å². The number of amides is 1. The van der Waals surface area contributed by atoms with Gasteiger partial charge in [0, 0.05) is 12.0 Å². The summed E-state index contributed by atoms with van der Waals surface area (Å²) in [5.74, 6) is 1.28. The zero-order chi connectivity index (χ0) is 9.10. The lowest BCUT2D eigenvalue weighted by molar-refractivity contribution is -0.176. The van der Waals surface area contributed by atoms with E-state index in [0.29, 0.717) is 11.8 Å². The lowest BCUT2D eigenvalue weighted by Gasteiger charge is -2.71. The van der Waals surface area contributed by atoms with Gasteiger partial charge in [-0.1, -0.05) is 6.92 Å². The van der Waals surface area contributed by atoms with Crippen LogP contribution in [0.4, 0.5) is 0 Å². The van der Waals surface area contributed by atoms with E-state index in [1.54, 1.807) is 0 Å². The van der Waals surface area contributed by atoms with Crippen molar-refractivity contribution in [1.29, 1.82) is 0 Å². The minimum absolute atomic E-state index is 0.240. The SMILES string of the molecule is CCC(=O)NC12CC(C3CC3)(C1)C2. The quantitative estimate of drug-likeness (QED) is 0.703. The first-order valence-electron chi connectivity index (χ1n) is 5.49. The van der Waals surface area contributed by atoms with E-state index in [1.807, 2.05) is 6.92 Å². The van der Waals surface area contributed by atoms with Gasteiger partial charge < -0.3 is 5.32 Å². The van der Waals surface area contributed by atoms with Gasteiger partial charge in [-0.25, -0.2) is 0 Å². The van der Waals surface area contributed by atoms with Gasteiger partial charge in [0.1, 0.15) is 0 Å². The molecule has 0 heterocycles. The van der Waals surface area contributed by atoms with E-state index >= 15 is 0 Å². The van der Waals surface area contributed by atoms with Gasteiger partial charge in [-0.15, -0.1) is 0 Å². The summed E-state index contributed by atoms with van der Waals surface area (Å²) in [6.45, 7) is 1.93. The highest BCUT2D eigenvalue weighted by Gasteiger charge is 2.72. The second-order valence-corrected chi connectivity index (χ2v) is 5.35. The number of carbonyl (C=O) groups excluding carboxylic acids is 1. The molecular formula is C11H17NO. The highest BCUT2D eigenvalue weighted by atomic mass is 16.1. The van der Waals surface area contributed by atoms with Crippen molar-refractivity contribution < 1.29 is 4.79 Å². The van der Waals surface area contributed by atoms with Crippen LogP contribution in [0.15, 0.2) is 0 Å². The summed E-state index contributed by atoms with van der Waals surface area (Å²) in [5.41, 5.74) is 0.983. The monoisotopic (exact) mass is 179 g/mol. The Labute approximate surface area is 79.1 Å². The van der Waals surface area contributed by atoms with Crippen LogP contribution in [0.3, 0.4) is 0 Å². The Bertz CT molecular complexity index is 247. The molecule has 1 amide bonds. The number of nitrogens with one attached hydrogen (secondary N) is 1. The predicted octanol–water partition coefficient (Wildman–Crippen LogP) is 1.85. The molecule has 0 saturated heterocycles. The van der Waals surface area contributed by atoms with Crippen LogP contribution in [-0.4, -0.2) is 11.4 Å². The van der Waals surface area contributed by atoms with Crippen molar-refractivity contribution in [3.05, 3.63) is 0 Å². The first-order valence-corrected chi connectivity index (χ1v) is 5.49. The summed E-state index contributed by atoms with van der Waals surface area (Å²) in [5, 5.41) is 3.18. The third-order valence-electron chi connectivity index (χ3n) is 4.24. The van der Waals surface area contributed by atoms with E-state index in [2.05, 4.69) is 5.32 Å². The van der Waals surface area contributed by atoms with Crippen LogP contribution in [0.25, 0.3) is 0 Å². The van der Waals surface area contributed by atoms with Crippen LogP contribution in [0.5, 0.6) is 0 Å². The van der Waals surface area contributed by atoms with Crippen LogP contribution in [0.1, 0.15) is 45.4 Å². The van der Waals surface area contributed by atoms with Crippen molar-refractivity contribution in [3.8, 4) is 0 Å². The van der Waals surface area contributed by atoms with Crippen LogP contribution in [-0.2, 0) is 4.79 Å². The van der Waals surface area contributed by atoms with Crippen molar-refractivity contribution in [2.24, 2.45) is 11.3 Å². The molecule has 0 unspecified atom stereocenters. The Morgan fingerprint density at radius 3 is 2.46 bits per heavy atom. The fourth-order valence-corrected chi connectivity index (χ4v) is 3.51. The molecule has 4 rings (SSSR count). The molecule has 0 aromatic rings. The number of carbonyl (C=O) groups is 1. The second-order valence-electron chi connectivity index (χ2n) is 5.35. The lowest BCUT2D eigenvalue weighted by Crippen LogP contribution is -2.75. The van der Waals surface area contributed by atoms with Crippen LogP contribution in [0, 0.1) is 11.3 Å². The van der Waals surface area contributed by atoms with Crippen LogP contribution in [0.2, 0.25) is 0 Å². The fraction of sp³-hybridized carbons (Fsp3) is 0.909. The molecule has 0 radical (unpaired) electrons. The van der Waals surface area contributed by atoms with Gasteiger partial charge in [-0.2, -0.15) is 0 Å². The molecule has 4 saturated carbocycles. The van der Waals surface area contributed by atoms with Crippen molar-refractivity contribution in [3.63, 3.8) is 0 Å². The van der Waals surface area contributed by atoms with Gasteiger partial charge in [0.15, 0.2) is 0 Å². The molecule has 0 aromatic heterocycles. The zero-order valence-corrected chi connectivity index (χ0v) is 8.23. The molecule has 2 bridgehead atoms. The maximum atomic E-state index is 11.2. The van der Waals surface area contributed by atoms with Gasteiger partial charge in [0.2, 0.25) is 5.91 Å². The first-order chi connectivity index (χ1) is 6.18. The van der Waals surface area contributed by atoms with Gasteiger partial charge in [0.05, 0.1) is 0 Å². The van der Waals surface area contributed by atoms with Crippen molar-refractivity contribution in [1.82, 2.24) is 5.32 Å². The molecule has 0 spiro atoms.